The van der Waals surface area contributed by atoms with E-state index in [1.807, 2.05) is 29.9 Å². The molecular weight excluding hydrogens is 230 g/mol. The number of hydrogen-bond acceptors (Lipinski definition) is 3. The number of ether oxygens (including phenoxy) is 1. The van der Waals surface area contributed by atoms with Crippen LogP contribution in [0.25, 0.3) is 0 Å². The first kappa shape index (κ1) is 14.7. The van der Waals surface area contributed by atoms with Gasteiger partial charge in [-0.15, -0.1) is 0 Å². The van der Waals surface area contributed by atoms with E-state index in [9.17, 15) is 4.79 Å². The summed E-state index contributed by atoms with van der Waals surface area (Å²) in [6.07, 6.45) is 2.77. The maximum atomic E-state index is 11.7. The summed E-state index contributed by atoms with van der Waals surface area (Å²) in [4.78, 5) is 11.7. The third-order valence-corrected chi connectivity index (χ3v) is 2.90. The van der Waals surface area contributed by atoms with Gasteiger partial charge in [0.1, 0.15) is 6.54 Å². The number of nitrogens with one attached hydrogen (secondary N) is 2. The normalized spacial score (nSPS) is 12.4. The zero-order valence-corrected chi connectivity index (χ0v) is 11.4. The largest absolute Gasteiger partial charge is 0.385 e. The van der Waals surface area contributed by atoms with Gasteiger partial charge in [0, 0.05) is 38.2 Å². The van der Waals surface area contributed by atoms with E-state index in [0.717, 1.165) is 12.1 Å². The smallest absolute Gasteiger partial charge is 0.239 e. The molecule has 0 bridgehead atoms. The van der Waals surface area contributed by atoms with E-state index in [1.54, 1.807) is 7.11 Å². The average molecular weight is 253 g/mol. The Morgan fingerprint density at radius 2 is 2.33 bits per heavy atom. The second-order valence-corrected chi connectivity index (χ2v) is 4.27. The molecule has 0 radical (unpaired) electrons. The van der Waals surface area contributed by atoms with Crippen molar-refractivity contribution in [3.05, 3.63) is 24.0 Å². The number of aromatic nitrogens is 1. The minimum atomic E-state index is 0.0341. The topological polar surface area (TPSA) is 55.3 Å². The first-order chi connectivity index (χ1) is 8.69. The second kappa shape index (κ2) is 7.89. The van der Waals surface area contributed by atoms with Gasteiger partial charge >= 0.3 is 0 Å². The molecule has 5 nitrogen and oxygen atoms in total. The van der Waals surface area contributed by atoms with Gasteiger partial charge in [-0.2, -0.15) is 0 Å². The molecule has 1 amide bonds. The minimum absolute atomic E-state index is 0.0341. The highest BCUT2D eigenvalue weighted by atomic mass is 16.5. The first-order valence-corrected chi connectivity index (χ1v) is 6.27. The van der Waals surface area contributed by atoms with Crippen molar-refractivity contribution in [3.8, 4) is 0 Å². The summed E-state index contributed by atoms with van der Waals surface area (Å²) in [5, 5.41) is 6.05. The van der Waals surface area contributed by atoms with Crippen molar-refractivity contribution in [1.29, 1.82) is 0 Å². The predicted molar refractivity (Wildman–Crippen MR) is 71.4 cm³/mol. The van der Waals surface area contributed by atoms with Crippen molar-refractivity contribution in [2.45, 2.75) is 25.9 Å². The van der Waals surface area contributed by atoms with E-state index in [4.69, 9.17) is 4.74 Å². The molecule has 1 heterocycles. The third-order valence-electron chi connectivity index (χ3n) is 2.90. The minimum Gasteiger partial charge on any atom is -0.385 e. The molecule has 0 aliphatic heterocycles. The second-order valence-electron chi connectivity index (χ2n) is 4.27. The van der Waals surface area contributed by atoms with Gasteiger partial charge in [0.15, 0.2) is 0 Å². The summed E-state index contributed by atoms with van der Waals surface area (Å²) in [6, 6.07) is 4.22. The zero-order valence-electron chi connectivity index (χ0n) is 11.4. The predicted octanol–water partition coefficient (Wildman–Crippen LogP) is 0.921. The first-order valence-electron chi connectivity index (χ1n) is 6.27. The number of carbonyl (C=O) groups excluding carboxylic acids is 1. The fourth-order valence-corrected chi connectivity index (χ4v) is 1.77. The molecule has 0 saturated heterocycles. The van der Waals surface area contributed by atoms with Crippen LogP contribution in [0.1, 0.15) is 25.1 Å². The summed E-state index contributed by atoms with van der Waals surface area (Å²) in [5.74, 6) is 0.0341. The van der Waals surface area contributed by atoms with Crippen LogP contribution >= 0.6 is 0 Å². The Bertz CT molecular complexity index is 363. The van der Waals surface area contributed by atoms with Crippen LogP contribution in [0.4, 0.5) is 0 Å². The fourth-order valence-electron chi connectivity index (χ4n) is 1.77. The van der Waals surface area contributed by atoms with Crippen molar-refractivity contribution in [3.63, 3.8) is 0 Å². The molecule has 0 saturated carbocycles. The summed E-state index contributed by atoms with van der Waals surface area (Å²) in [6.45, 7) is 3.76. The van der Waals surface area contributed by atoms with Gasteiger partial charge in [-0.1, -0.05) is 0 Å². The molecule has 102 valence electrons. The Kier molecular flexibility index (Phi) is 6.46. The molecule has 1 aromatic heterocycles. The van der Waals surface area contributed by atoms with E-state index in [2.05, 4.69) is 17.6 Å². The molecular formula is C13H23N3O2. The number of rotatable bonds is 8. The number of amides is 1. The maximum Gasteiger partial charge on any atom is 0.239 e. The highest BCUT2D eigenvalue weighted by Crippen LogP contribution is 2.12. The van der Waals surface area contributed by atoms with Gasteiger partial charge in [0.05, 0.1) is 0 Å². The monoisotopic (exact) mass is 253 g/mol. The summed E-state index contributed by atoms with van der Waals surface area (Å²) in [5.41, 5.74) is 1.12. The lowest BCUT2D eigenvalue weighted by atomic mass is 10.2. The Labute approximate surface area is 109 Å². The van der Waals surface area contributed by atoms with Gasteiger partial charge in [0.25, 0.3) is 0 Å². The van der Waals surface area contributed by atoms with Crippen molar-refractivity contribution < 1.29 is 9.53 Å². The van der Waals surface area contributed by atoms with Crippen LogP contribution < -0.4 is 10.6 Å². The van der Waals surface area contributed by atoms with Crippen molar-refractivity contribution in [1.82, 2.24) is 15.2 Å². The third kappa shape index (κ3) is 4.50. The van der Waals surface area contributed by atoms with Gasteiger partial charge in [-0.25, -0.2) is 0 Å². The number of hydrogen-bond donors (Lipinski definition) is 2. The van der Waals surface area contributed by atoms with Crippen LogP contribution in [0.3, 0.4) is 0 Å². The lowest BCUT2D eigenvalue weighted by Crippen LogP contribution is -2.30. The Morgan fingerprint density at radius 1 is 1.56 bits per heavy atom. The van der Waals surface area contributed by atoms with E-state index in [1.165, 1.54) is 0 Å². The van der Waals surface area contributed by atoms with Gasteiger partial charge < -0.3 is 19.9 Å². The molecule has 0 aliphatic rings. The van der Waals surface area contributed by atoms with Crippen LogP contribution in [0.15, 0.2) is 18.3 Å². The highest BCUT2D eigenvalue weighted by Gasteiger charge is 2.10. The zero-order chi connectivity index (χ0) is 13.4. The number of methoxy groups -OCH3 is 1. The molecule has 2 N–H and O–H groups in total. The van der Waals surface area contributed by atoms with Gasteiger partial charge in [0.2, 0.25) is 5.91 Å². The maximum absolute atomic E-state index is 11.7. The van der Waals surface area contributed by atoms with Crippen molar-refractivity contribution in [2.24, 2.45) is 0 Å². The molecule has 1 unspecified atom stereocenters. The van der Waals surface area contributed by atoms with Crippen molar-refractivity contribution in [2.75, 3.05) is 27.3 Å². The molecule has 1 rings (SSSR count). The molecule has 0 aromatic carbocycles. The molecule has 1 aromatic rings. The lowest BCUT2D eigenvalue weighted by molar-refractivity contribution is -0.121. The van der Waals surface area contributed by atoms with Gasteiger partial charge in [-0.05, 0) is 32.5 Å². The summed E-state index contributed by atoms with van der Waals surface area (Å²) >= 11 is 0. The molecule has 5 heteroatoms. The highest BCUT2D eigenvalue weighted by molar-refractivity contribution is 5.75. The number of carbonyl (C=O) groups is 1. The molecule has 1 atom stereocenters. The average Bonchev–Trinajstić information content (AvgIpc) is 2.82. The van der Waals surface area contributed by atoms with E-state index in [0.29, 0.717) is 19.7 Å². The van der Waals surface area contributed by atoms with Crippen LogP contribution in [0.2, 0.25) is 0 Å². The number of nitrogens with zero attached hydrogens (tertiary/aromatic N) is 1. The van der Waals surface area contributed by atoms with Crippen LogP contribution in [-0.2, 0) is 16.1 Å². The Hall–Kier alpha value is -1.33. The molecule has 18 heavy (non-hydrogen) atoms. The van der Waals surface area contributed by atoms with E-state index in [-0.39, 0.29) is 11.9 Å². The SMILES string of the molecule is CNC(C)c1cccn1CC(=O)NCCCOC. The Balaban J connectivity index is 2.42. The van der Waals surface area contributed by atoms with E-state index < -0.39 is 0 Å². The van der Waals surface area contributed by atoms with Crippen molar-refractivity contribution >= 4 is 5.91 Å². The summed E-state index contributed by atoms with van der Waals surface area (Å²) < 4.78 is 6.89. The van der Waals surface area contributed by atoms with E-state index >= 15 is 0 Å². The summed E-state index contributed by atoms with van der Waals surface area (Å²) in [7, 11) is 3.57. The fraction of sp³-hybridized carbons (Fsp3) is 0.615. The Morgan fingerprint density at radius 3 is 3.00 bits per heavy atom. The van der Waals surface area contributed by atoms with Crippen LogP contribution in [0, 0.1) is 0 Å². The molecule has 0 spiro atoms. The van der Waals surface area contributed by atoms with Crippen LogP contribution in [-0.4, -0.2) is 37.8 Å². The van der Waals surface area contributed by atoms with Crippen LogP contribution in [0.5, 0.6) is 0 Å². The van der Waals surface area contributed by atoms with Gasteiger partial charge in [-0.3, -0.25) is 4.79 Å². The quantitative estimate of drug-likeness (QED) is 0.677. The lowest BCUT2D eigenvalue weighted by Gasteiger charge is -2.14. The standard InChI is InChI=1S/C13H23N3O2/c1-11(14-2)12-6-4-8-16(12)10-13(17)15-7-5-9-18-3/h4,6,8,11,14H,5,7,9-10H2,1-3H3,(H,15,17). The molecule has 0 aliphatic carbocycles. The molecule has 0 fully saturated rings.